The third-order valence-electron chi connectivity index (χ3n) is 5.14. The third-order valence-corrected chi connectivity index (χ3v) is 6.32. The molecule has 1 aromatic carbocycles. The van der Waals surface area contributed by atoms with Crippen LogP contribution in [0.3, 0.4) is 0 Å². The Hall–Kier alpha value is -2.50. The fourth-order valence-electron chi connectivity index (χ4n) is 3.58. The van der Waals surface area contributed by atoms with Gasteiger partial charge in [0.15, 0.2) is 4.96 Å². The lowest BCUT2D eigenvalue weighted by Crippen LogP contribution is -2.17. The fourth-order valence-corrected chi connectivity index (χ4v) is 4.74. The monoisotopic (exact) mass is 393 g/mol. The largest absolute Gasteiger partial charge is 0.278 e. The molecule has 5 rings (SSSR count). The summed E-state index contributed by atoms with van der Waals surface area (Å²) < 4.78 is 1.63. The zero-order chi connectivity index (χ0) is 18.5. The van der Waals surface area contributed by atoms with Crippen LogP contribution in [0.2, 0.25) is 5.02 Å². The summed E-state index contributed by atoms with van der Waals surface area (Å²) in [7, 11) is 0. The van der Waals surface area contributed by atoms with E-state index in [0.29, 0.717) is 16.6 Å². The van der Waals surface area contributed by atoms with Crippen LogP contribution < -0.4 is 5.56 Å². The van der Waals surface area contributed by atoms with E-state index in [1.807, 2.05) is 48.8 Å². The summed E-state index contributed by atoms with van der Waals surface area (Å²) in [6.07, 6.45) is 4.59. The molecule has 6 heteroatoms. The summed E-state index contributed by atoms with van der Waals surface area (Å²) in [5, 5.41) is 2.20. The van der Waals surface area contributed by atoms with E-state index in [4.69, 9.17) is 16.6 Å². The van der Waals surface area contributed by atoms with E-state index in [2.05, 4.69) is 11.1 Å². The minimum Gasteiger partial charge on any atom is -0.267 e. The van der Waals surface area contributed by atoms with Crippen LogP contribution in [0.1, 0.15) is 35.1 Å². The molecule has 1 aliphatic rings. The van der Waals surface area contributed by atoms with Crippen molar-refractivity contribution in [3.05, 3.63) is 86.4 Å². The van der Waals surface area contributed by atoms with Gasteiger partial charge in [-0.3, -0.25) is 9.78 Å². The van der Waals surface area contributed by atoms with Crippen LogP contribution in [-0.2, 0) is 0 Å². The molecule has 2 unspecified atom stereocenters. The number of thiazole rings is 1. The average molecular weight is 394 g/mol. The summed E-state index contributed by atoms with van der Waals surface area (Å²) in [5.74, 6) is 0.520. The predicted molar refractivity (Wildman–Crippen MR) is 109 cm³/mol. The molecule has 0 N–H and O–H groups in total. The normalized spacial score (nSPS) is 18.7. The van der Waals surface area contributed by atoms with Gasteiger partial charge >= 0.3 is 0 Å². The van der Waals surface area contributed by atoms with Crippen molar-refractivity contribution in [3.8, 4) is 11.3 Å². The van der Waals surface area contributed by atoms with E-state index >= 15 is 0 Å². The highest BCUT2D eigenvalue weighted by atomic mass is 35.5. The van der Waals surface area contributed by atoms with Gasteiger partial charge in [-0.1, -0.05) is 47.5 Å². The maximum absolute atomic E-state index is 13.0. The average Bonchev–Trinajstić information content (AvgIpc) is 3.38. The van der Waals surface area contributed by atoms with Crippen molar-refractivity contribution in [1.82, 2.24) is 14.4 Å². The Morgan fingerprint density at radius 3 is 2.74 bits per heavy atom. The van der Waals surface area contributed by atoms with E-state index in [1.165, 1.54) is 22.5 Å². The second kappa shape index (κ2) is 6.29. The van der Waals surface area contributed by atoms with Crippen molar-refractivity contribution in [3.63, 3.8) is 0 Å². The van der Waals surface area contributed by atoms with E-state index in [9.17, 15) is 4.79 Å². The molecule has 1 fully saturated rings. The molecular weight excluding hydrogens is 378 g/mol. The third kappa shape index (κ3) is 2.78. The first-order valence-corrected chi connectivity index (χ1v) is 10.1. The van der Waals surface area contributed by atoms with Gasteiger partial charge in [0.1, 0.15) is 5.02 Å². The molecule has 0 amide bonds. The Bertz CT molecular complexity index is 1200. The molecule has 0 bridgehead atoms. The topological polar surface area (TPSA) is 47.3 Å². The molecule has 134 valence electrons. The van der Waals surface area contributed by atoms with Crippen molar-refractivity contribution in [2.24, 2.45) is 0 Å². The van der Waals surface area contributed by atoms with Crippen LogP contribution in [0.15, 0.2) is 59.0 Å². The van der Waals surface area contributed by atoms with Crippen LogP contribution in [0.4, 0.5) is 0 Å². The molecule has 2 atom stereocenters. The molecule has 3 heterocycles. The summed E-state index contributed by atoms with van der Waals surface area (Å²) in [5.41, 5.74) is 4.70. The Kier molecular flexibility index (Phi) is 3.88. The van der Waals surface area contributed by atoms with Crippen molar-refractivity contribution >= 4 is 27.9 Å². The second-order valence-corrected chi connectivity index (χ2v) is 8.17. The summed E-state index contributed by atoms with van der Waals surface area (Å²) in [6.45, 7) is 2.04. The van der Waals surface area contributed by atoms with Gasteiger partial charge in [-0.25, -0.2) is 9.38 Å². The number of hydrogen-bond donors (Lipinski definition) is 0. The zero-order valence-corrected chi connectivity index (χ0v) is 16.2. The molecule has 0 saturated heterocycles. The highest BCUT2D eigenvalue weighted by molar-refractivity contribution is 7.15. The number of benzene rings is 1. The number of rotatable bonds is 3. The maximum Gasteiger partial charge on any atom is 0.278 e. The molecule has 0 spiro atoms. The van der Waals surface area contributed by atoms with Crippen molar-refractivity contribution in [2.75, 3.05) is 0 Å². The number of aryl methyl sites for hydroxylation is 1. The summed E-state index contributed by atoms with van der Waals surface area (Å²) >= 11 is 7.97. The SMILES string of the molecule is Cc1ccc(-c2csc3nc(C4CC4c4cccnc4)c(Cl)c(=O)n23)cc1. The first kappa shape index (κ1) is 16.7. The van der Waals surface area contributed by atoms with Crippen LogP contribution in [0, 0.1) is 6.92 Å². The Balaban J connectivity index is 1.59. The van der Waals surface area contributed by atoms with Gasteiger partial charge in [-0.15, -0.1) is 11.3 Å². The Labute approximate surface area is 165 Å². The van der Waals surface area contributed by atoms with Gasteiger partial charge in [0.2, 0.25) is 0 Å². The van der Waals surface area contributed by atoms with E-state index < -0.39 is 0 Å². The molecule has 1 aliphatic carbocycles. The van der Waals surface area contributed by atoms with Crippen molar-refractivity contribution in [1.29, 1.82) is 0 Å². The number of halogens is 1. The smallest absolute Gasteiger partial charge is 0.267 e. The first-order chi connectivity index (χ1) is 13.1. The van der Waals surface area contributed by atoms with Crippen molar-refractivity contribution in [2.45, 2.75) is 25.2 Å². The van der Waals surface area contributed by atoms with E-state index in [-0.39, 0.29) is 16.5 Å². The van der Waals surface area contributed by atoms with E-state index in [0.717, 1.165) is 17.7 Å². The Morgan fingerprint density at radius 1 is 1.19 bits per heavy atom. The lowest BCUT2D eigenvalue weighted by Gasteiger charge is -2.06. The molecule has 0 radical (unpaired) electrons. The van der Waals surface area contributed by atoms with Gasteiger partial charge < -0.3 is 0 Å². The van der Waals surface area contributed by atoms with Crippen LogP contribution >= 0.6 is 22.9 Å². The summed E-state index contributed by atoms with van der Waals surface area (Å²) in [4.78, 5) is 22.7. The number of hydrogen-bond acceptors (Lipinski definition) is 4. The Morgan fingerprint density at radius 2 is 2.00 bits per heavy atom. The molecular formula is C21H16ClN3OS. The lowest BCUT2D eigenvalue weighted by atomic mass is 10.1. The van der Waals surface area contributed by atoms with Gasteiger partial charge in [-0.05, 0) is 36.5 Å². The fraction of sp³-hybridized carbons (Fsp3) is 0.190. The number of nitrogens with zero attached hydrogens (tertiary/aromatic N) is 3. The maximum atomic E-state index is 13.0. The van der Waals surface area contributed by atoms with Gasteiger partial charge in [0.25, 0.3) is 5.56 Å². The second-order valence-electron chi connectivity index (χ2n) is 6.96. The first-order valence-electron chi connectivity index (χ1n) is 8.80. The molecule has 27 heavy (non-hydrogen) atoms. The van der Waals surface area contributed by atoms with Crippen LogP contribution in [0.5, 0.6) is 0 Å². The van der Waals surface area contributed by atoms with Crippen molar-refractivity contribution < 1.29 is 0 Å². The van der Waals surface area contributed by atoms with Gasteiger partial charge in [-0.2, -0.15) is 0 Å². The van der Waals surface area contributed by atoms with Crippen LogP contribution in [-0.4, -0.2) is 14.4 Å². The van der Waals surface area contributed by atoms with Gasteiger partial charge in [0, 0.05) is 23.7 Å². The predicted octanol–water partition coefficient (Wildman–Crippen LogP) is 5.05. The zero-order valence-electron chi connectivity index (χ0n) is 14.6. The number of fused-ring (bicyclic) bond motifs is 1. The standard InChI is InChI=1S/C21H16ClN3OS/c1-12-4-6-13(7-5-12)17-11-27-21-24-19(18(22)20(26)25(17)21)16-9-15(16)14-3-2-8-23-10-14/h2-8,10-11,15-16H,9H2,1H3. The molecule has 1 saturated carbocycles. The quantitative estimate of drug-likeness (QED) is 0.489. The number of aromatic nitrogens is 3. The minimum atomic E-state index is -0.190. The van der Waals surface area contributed by atoms with Gasteiger partial charge in [0.05, 0.1) is 11.4 Å². The highest BCUT2D eigenvalue weighted by Crippen LogP contribution is 2.55. The molecule has 3 aromatic heterocycles. The summed E-state index contributed by atoms with van der Waals surface area (Å²) in [6, 6.07) is 12.1. The number of pyridine rings is 1. The van der Waals surface area contributed by atoms with Crippen LogP contribution in [0.25, 0.3) is 16.2 Å². The highest BCUT2D eigenvalue weighted by Gasteiger charge is 2.42. The molecule has 4 aromatic rings. The molecule has 4 nitrogen and oxygen atoms in total. The lowest BCUT2D eigenvalue weighted by molar-refractivity contribution is 0.938. The minimum absolute atomic E-state index is 0.185. The van der Waals surface area contributed by atoms with E-state index in [1.54, 1.807) is 10.6 Å². The molecule has 0 aliphatic heterocycles.